The minimum Gasteiger partial charge on any atom is -0.325 e. The summed E-state index contributed by atoms with van der Waals surface area (Å²) in [5, 5.41) is 6.30. The third-order valence-corrected chi connectivity index (χ3v) is 5.36. The molecule has 9 heteroatoms. The average molecular weight is 430 g/mol. The van der Waals surface area contributed by atoms with Crippen molar-refractivity contribution in [2.45, 2.75) is 25.7 Å². The average Bonchev–Trinajstić information content (AvgIpc) is 2.60. The van der Waals surface area contributed by atoms with E-state index in [1.54, 1.807) is 36.4 Å². The molecule has 0 saturated heterocycles. The Labute approximate surface area is 175 Å². The number of rotatable bonds is 4. The molecular weight excluding hydrogens is 410 g/mol. The Balaban J connectivity index is 2.01. The fourth-order valence-electron chi connectivity index (χ4n) is 2.55. The molecule has 1 aromatic heterocycles. The molecule has 0 unspecified atom stereocenters. The first-order chi connectivity index (χ1) is 13.7. The number of benzene rings is 2. The van der Waals surface area contributed by atoms with Crippen molar-refractivity contribution in [1.29, 1.82) is 0 Å². The van der Waals surface area contributed by atoms with Crippen LogP contribution in [0.1, 0.15) is 17.0 Å². The number of aryl methyl sites for hydroxylation is 3. The summed E-state index contributed by atoms with van der Waals surface area (Å²) in [6.45, 7) is 5.53. The van der Waals surface area contributed by atoms with Crippen molar-refractivity contribution in [1.82, 2.24) is 9.97 Å². The number of aromatic nitrogens is 2. The SMILES string of the molecule is Cc1ccc(S(=O)(=O)/N=C(/Nc2cccc(Cl)c2)Nc2nc(C)cc(C)n2)cc1. The second-order valence-electron chi connectivity index (χ2n) is 6.46. The van der Waals surface area contributed by atoms with E-state index in [-0.39, 0.29) is 16.8 Å². The van der Waals surface area contributed by atoms with Gasteiger partial charge in [-0.15, -0.1) is 4.40 Å². The summed E-state index contributed by atoms with van der Waals surface area (Å²) in [5.74, 6) is 0.188. The number of nitrogens with zero attached hydrogens (tertiary/aromatic N) is 3. The fraction of sp³-hybridized carbons (Fsp3) is 0.150. The van der Waals surface area contributed by atoms with Crippen LogP contribution < -0.4 is 10.6 Å². The largest absolute Gasteiger partial charge is 0.325 e. The predicted octanol–water partition coefficient (Wildman–Crippen LogP) is 4.32. The van der Waals surface area contributed by atoms with Crippen LogP contribution in [0, 0.1) is 20.8 Å². The highest BCUT2D eigenvalue weighted by molar-refractivity contribution is 7.90. The highest BCUT2D eigenvalue weighted by Gasteiger charge is 2.16. The lowest BCUT2D eigenvalue weighted by molar-refractivity contribution is 0.598. The lowest BCUT2D eigenvalue weighted by Gasteiger charge is -2.12. The number of anilines is 2. The van der Waals surface area contributed by atoms with Crippen molar-refractivity contribution in [3.8, 4) is 0 Å². The molecule has 0 aliphatic heterocycles. The third-order valence-electron chi connectivity index (χ3n) is 3.83. The zero-order chi connectivity index (χ0) is 21.0. The molecule has 0 spiro atoms. The molecule has 29 heavy (non-hydrogen) atoms. The maximum atomic E-state index is 12.8. The summed E-state index contributed by atoms with van der Waals surface area (Å²) in [7, 11) is -3.97. The lowest BCUT2D eigenvalue weighted by Crippen LogP contribution is -2.25. The molecule has 0 atom stereocenters. The van der Waals surface area contributed by atoms with Gasteiger partial charge in [-0.05, 0) is 57.2 Å². The van der Waals surface area contributed by atoms with Crippen LogP contribution in [-0.2, 0) is 10.0 Å². The molecular formula is C20H20ClN5O2S. The Morgan fingerprint density at radius 3 is 2.21 bits per heavy atom. The molecule has 3 rings (SSSR count). The van der Waals surface area contributed by atoms with Crippen LogP contribution in [0.3, 0.4) is 0 Å². The number of hydrogen-bond donors (Lipinski definition) is 2. The zero-order valence-corrected chi connectivity index (χ0v) is 17.7. The maximum Gasteiger partial charge on any atom is 0.285 e. The highest BCUT2D eigenvalue weighted by atomic mass is 35.5. The van der Waals surface area contributed by atoms with E-state index >= 15 is 0 Å². The van der Waals surface area contributed by atoms with E-state index in [0.29, 0.717) is 10.7 Å². The van der Waals surface area contributed by atoms with Crippen molar-refractivity contribution < 1.29 is 8.42 Å². The zero-order valence-electron chi connectivity index (χ0n) is 16.1. The summed E-state index contributed by atoms with van der Waals surface area (Å²) in [5.41, 5.74) is 2.99. The fourth-order valence-corrected chi connectivity index (χ4v) is 3.66. The minimum absolute atomic E-state index is 0.0437. The van der Waals surface area contributed by atoms with E-state index in [1.807, 2.05) is 26.8 Å². The van der Waals surface area contributed by atoms with Gasteiger partial charge in [0.25, 0.3) is 10.0 Å². The standard InChI is InChI=1S/C20H20ClN5O2S/c1-13-7-9-18(10-8-13)29(27,28)26-20(24-17-6-4-5-16(21)12-17)25-19-22-14(2)11-15(3)23-19/h4-12H,1-3H3,(H2,22,23,24,25,26). The first-order valence-corrected chi connectivity index (χ1v) is 10.6. The molecule has 7 nitrogen and oxygen atoms in total. The first-order valence-electron chi connectivity index (χ1n) is 8.75. The van der Waals surface area contributed by atoms with Gasteiger partial charge in [0.05, 0.1) is 4.90 Å². The number of guanidine groups is 1. The van der Waals surface area contributed by atoms with Gasteiger partial charge >= 0.3 is 0 Å². The van der Waals surface area contributed by atoms with E-state index in [4.69, 9.17) is 11.6 Å². The Morgan fingerprint density at radius 2 is 1.59 bits per heavy atom. The first kappa shape index (κ1) is 20.8. The molecule has 1 heterocycles. The third kappa shape index (κ3) is 5.75. The van der Waals surface area contributed by atoms with Gasteiger partial charge in [0.15, 0.2) is 0 Å². The number of nitrogens with one attached hydrogen (secondary N) is 2. The molecule has 2 aromatic carbocycles. The van der Waals surface area contributed by atoms with E-state index in [9.17, 15) is 8.42 Å². The van der Waals surface area contributed by atoms with E-state index in [2.05, 4.69) is 25.0 Å². The van der Waals surface area contributed by atoms with Crippen molar-refractivity contribution in [3.63, 3.8) is 0 Å². The molecule has 3 aromatic rings. The van der Waals surface area contributed by atoms with Gasteiger partial charge < -0.3 is 5.32 Å². The van der Waals surface area contributed by atoms with Crippen LogP contribution in [0.4, 0.5) is 11.6 Å². The summed E-state index contributed by atoms with van der Waals surface area (Å²) < 4.78 is 29.5. The van der Waals surface area contributed by atoms with Crippen LogP contribution in [0.15, 0.2) is 63.9 Å². The summed E-state index contributed by atoms with van der Waals surface area (Å²) in [6, 6.07) is 15.1. The number of halogens is 1. The van der Waals surface area contributed by atoms with Gasteiger partial charge in [-0.25, -0.2) is 9.97 Å². The van der Waals surface area contributed by atoms with Gasteiger partial charge in [-0.1, -0.05) is 35.4 Å². The van der Waals surface area contributed by atoms with E-state index < -0.39 is 10.0 Å². The molecule has 0 fully saturated rings. The molecule has 0 bridgehead atoms. The summed E-state index contributed by atoms with van der Waals surface area (Å²) >= 11 is 6.03. The topological polar surface area (TPSA) is 96.3 Å². The number of hydrogen-bond acceptors (Lipinski definition) is 4. The molecule has 0 aliphatic rings. The number of sulfonamides is 1. The molecule has 150 valence electrons. The Morgan fingerprint density at radius 1 is 0.931 bits per heavy atom. The summed E-state index contributed by atoms with van der Waals surface area (Å²) in [6.07, 6.45) is 0. The molecule has 0 radical (unpaired) electrons. The summed E-state index contributed by atoms with van der Waals surface area (Å²) in [4.78, 5) is 8.65. The highest BCUT2D eigenvalue weighted by Crippen LogP contribution is 2.17. The molecule has 0 amide bonds. The van der Waals surface area contributed by atoms with Gasteiger partial charge in [-0.2, -0.15) is 8.42 Å². The maximum absolute atomic E-state index is 12.8. The Kier molecular flexibility index (Phi) is 6.14. The van der Waals surface area contributed by atoms with Crippen LogP contribution in [0.25, 0.3) is 0 Å². The van der Waals surface area contributed by atoms with Crippen LogP contribution >= 0.6 is 11.6 Å². The van der Waals surface area contributed by atoms with Gasteiger partial charge in [0.1, 0.15) is 0 Å². The molecule has 2 N–H and O–H groups in total. The quantitative estimate of drug-likeness (QED) is 0.473. The van der Waals surface area contributed by atoms with Gasteiger partial charge in [0, 0.05) is 22.1 Å². The molecule has 0 saturated carbocycles. The van der Waals surface area contributed by atoms with Crippen molar-refractivity contribution in [2.75, 3.05) is 10.6 Å². The second kappa shape index (κ2) is 8.59. The van der Waals surface area contributed by atoms with Crippen molar-refractivity contribution >= 4 is 39.2 Å². The van der Waals surface area contributed by atoms with Gasteiger partial charge in [0.2, 0.25) is 11.9 Å². The van der Waals surface area contributed by atoms with E-state index in [1.165, 1.54) is 12.1 Å². The van der Waals surface area contributed by atoms with E-state index in [0.717, 1.165) is 17.0 Å². The molecule has 0 aliphatic carbocycles. The predicted molar refractivity (Wildman–Crippen MR) is 116 cm³/mol. The van der Waals surface area contributed by atoms with Crippen LogP contribution in [0.2, 0.25) is 5.02 Å². The minimum atomic E-state index is -3.97. The van der Waals surface area contributed by atoms with Crippen molar-refractivity contribution in [3.05, 3.63) is 76.6 Å². The lowest BCUT2D eigenvalue weighted by atomic mass is 10.2. The second-order valence-corrected chi connectivity index (χ2v) is 8.50. The Bertz CT molecular complexity index is 1140. The van der Waals surface area contributed by atoms with Crippen molar-refractivity contribution in [2.24, 2.45) is 4.40 Å². The van der Waals surface area contributed by atoms with Crippen LogP contribution in [-0.4, -0.2) is 24.3 Å². The van der Waals surface area contributed by atoms with Gasteiger partial charge in [-0.3, -0.25) is 5.32 Å². The Hall–Kier alpha value is -2.97. The smallest absolute Gasteiger partial charge is 0.285 e. The normalized spacial score (nSPS) is 11.9. The monoisotopic (exact) mass is 429 g/mol. The van der Waals surface area contributed by atoms with Crippen LogP contribution in [0.5, 0.6) is 0 Å².